The third kappa shape index (κ3) is 4.73. The summed E-state index contributed by atoms with van der Waals surface area (Å²) in [5.74, 6) is 0.459. The van der Waals surface area contributed by atoms with Gasteiger partial charge in [-0.25, -0.2) is 8.42 Å². The minimum absolute atomic E-state index is 0.0678. The fourth-order valence-corrected chi connectivity index (χ4v) is 2.72. The highest BCUT2D eigenvalue weighted by molar-refractivity contribution is 7.91. The Labute approximate surface area is 108 Å². The molecule has 2 N–H and O–H groups in total. The maximum absolute atomic E-state index is 11.8. The van der Waals surface area contributed by atoms with Crippen molar-refractivity contribution in [2.75, 3.05) is 12.3 Å². The predicted octanol–water partition coefficient (Wildman–Crippen LogP) is 1.31. The molecule has 0 aliphatic heterocycles. The summed E-state index contributed by atoms with van der Waals surface area (Å²) in [6, 6.07) is 0. The van der Waals surface area contributed by atoms with E-state index in [0.717, 1.165) is 25.7 Å². The quantitative estimate of drug-likeness (QED) is 0.682. The van der Waals surface area contributed by atoms with Crippen molar-refractivity contribution < 1.29 is 12.8 Å². The monoisotopic (exact) mass is 275 g/mol. The number of sulfone groups is 1. The number of rotatable bonds is 9. The standard InChI is InChI=1S/C11H21N3O3S/c1-2-3-9-18(15,16)11-14-13-10(17-11)7-5-4-6-8-12/h2-9,12H2,1H3. The highest BCUT2D eigenvalue weighted by Gasteiger charge is 2.21. The van der Waals surface area contributed by atoms with Crippen molar-refractivity contribution in [2.24, 2.45) is 5.73 Å². The fourth-order valence-electron chi connectivity index (χ4n) is 1.48. The van der Waals surface area contributed by atoms with Crippen molar-refractivity contribution in [3.8, 4) is 0 Å². The van der Waals surface area contributed by atoms with Crippen LogP contribution < -0.4 is 5.73 Å². The second-order valence-corrected chi connectivity index (χ2v) is 6.22. The van der Waals surface area contributed by atoms with E-state index in [0.29, 0.717) is 25.3 Å². The van der Waals surface area contributed by atoms with Crippen molar-refractivity contribution in [3.63, 3.8) is 0 Å². The zero-order chi connectivity index (χ0) is 13.4. The van der Waals surface area contributed by atoms with Crippen molar-refractivity contribution >= 4 is 9.84 Å². The molecule has 0 aliphatic rings. The summed E-state index contributed by atoms with van der Waals surface area (Å²) < 4.78 is 28.7. The minimum atomic E-state index is -3.40. The van der Waals surface area contributed by atoms with Gasteiger partial charge in [0.2, 0.25) is 15.7 Å². The number of unbranched alkanes of at least 4 members (excludes halogenated alkanes) is 3. The van der Waals surface area contributed by atoms with Crippen LogP contribution in [-0.2, 0) is 16.3 Å². The summed E-state index contributed by atoms with van der Waals surface area (Å²) in [6.45, 7) is 2.60. The lowest BCUT2D eigenvalue weighted by molar-refractivity contribution is 0.391. The molecular weight excluding hydrogens is 254 g/mol. The molecule has 0 radical (unpaired) electrons. The van der Waals surface area contributed by atoms with E-state index in [-0.39, 0.29) is 11.0 Å². The highest BCUT2D eigenvalue weighted by Crippen LogP contribution is 2.13. The van der Waals surface area contributed by atoms with Gasteiger partial charge in [-0.3, -0.25) is 0 Å². The van der Waals surface area contributed by atoms with Crippen LogP contribution in [0, 0.1) is 0 Å². The van der Waals surface area contributed by atoms with E-state index >= 15 is 0 Å². The Balaban J connectivity index is 2.52. The Morgan fingerprint density at radius 1 is 1.17 bits per heavy atom. The van der Waals surface area contributed by atoms with Crippen LogP contribution in [-0.4, -0.2) is 30.9 Å². The molecule has 1 aromatic heterocycles. The van der Waals surface area contributed by atoms with Crippen LogP contribution in [0.3, 0.4) is 0 Å². The third-order valence-corrected chi connectivity index (χ3v) is 4.10. The average molecular weight is 275 g/mol. The number of aromatic nitrogens is 2. The van der Waals surface area contributed by atoms with Gasteiger partial charge in [0.15, 0.2) is 0 Å². The Bertz CT molecular complexity index is 442. The van der Waals surface area contributed by atoms with Gasteiger partial charge in [0.05, 0.1) is 5.75 Å². The molecular formula is C11H21N3O3S. The average Bonchev–Trinajstić information content (AvgIpc) is 2.82. The fraction of sp³-hybridized carbons (Fsp3) is 0.818. The summed E-state index contributed by atoms with van der Waals surface area (Å²) in [7, 11) is -3.40. The van der Waals surface area contributed by atoms with Gasteiger partial charge in [-0.05, 0) is 25.8 Å². The van der Waals surface area contributed by atoms with Gasteiger partial charge < -0.3 is 10.2 Å². The van der Waals surface area contributed by atoms with Crippen LogP contribution >= 0.6 is 0 Å². The Morgan fingerprint density at radius 3 is 2.61 bits per heavy atom. The van der Waals surface area contributed by atoms with Gasteiger partial charge in [0, 0.05) is 6.42 Å². The summed E-state index contributed by atoms with van der Waals surface area (Å²) >= 11 is 0. The molecule has 0 aliphatic carbocycles. The summed E-state index contributed by atoms with van der Waals surface area (Å²) in [4.78, 5) is 0. The number of nitrogens with zero attached hydrogens (tertiary/aromatic N) is 2. The molecule has 1 heterocycles. The Hall–Kier alpha value is -0.950. The molecule has 0 amide bonds. The van der Waals surface area contributed by atoms with E-state index in [1.165, 1.54) is 0 Å². The van der Waals surface area contributed by atoms with E-state index in [2.05, 4.69) is 10.2 Å². The first-order chi connectivity index (χ1) is 8.60. The smallest absolute Gasteiger partial charge is 0.335 e. The van der Waals surface area contributed by atoms with Crippen LogP contribution in [0.25, 0.3) is 0 Å². The Kier molecular flexibility index (Phi) is 6.28. The molecule has 0 fully saturated rings. The van der Waals surface area contributed by atoms with E-state index in [9.17, 15) is 8.42 Å². The van der Waals surface area contributed by atoms with Gasteiger partial charge in [0.25, 0.3) is 0 Å². The molecule has 0 aromatic carbocycles. The van der Waals surface area contributed by atoms with Crippen molar-refractivity contribution in [2.45, 2.75) is 50.7 Å². The largest absolute Gasteiger partial charge is 0.413 e. The van der Waals surface area contributed by atoms with E-state index in [4.69, 9.17) is 10.2 Å². The third-order valence-electron chi connectivity index (χ3n) is 2.58. The molecule has 6 nitrogen and oxygen atoms in total. The lowest BCUT2D eigenvalue weighted by Crippen LogP contribution is -2.06. The number of nitrogens with two attached hydrogens (primary N) is 1. The molecule has 18 heavy (non-hydrogen) atoms. The first-order valence-corrected chi connectivity index (χ1v) is 8.00. The maximum Gasteiger partial charge on any atom is 0.335 e. The topological polar surface area (TPSA) is 99.1 Å². The van der Waals surface area contributed by atoms with E-state index in [1.54, 1.807) is 0 Å². The van der Waals surface area contributed by atoms with Gasteiger partial charge in [-0.1, -0.05) is 24.9 Å². The zero-order valence-corrected chi connectivity index (χ0v) is 11.6. The molecule has 1 aromatic rings. The molecule has 0 saturated heterocycles. The lowest BCUT2D eigenvalue weighted by Gasteiger charge is -1.97. The van der Waals surface area contributed by atoms with Gasteiger partial charge in [0.1, 0.15) is 0 Å². The predicted molar refractivity (Wildman–Crippen MR) is 67.9 cm³/mol. The highest BCUT2D eigenvalue weighted by atomic mass is 32.2. The molecule has 0 bridgehead atoms. The van der Waals surface area contributed by atoms with E-state index < -0.39 is 9.84 Å². The van der Waals surface area contributed by atoms with Crippen molar-refractivity contribution in [1.29, 1.82) is 0 Å². The normalized spacial score (nSPS) is 11.9. The molecule has 0 unspecified atom stereocenters. The van der Waals surface area contributed by atoms with Crippen LogP contribution in [0.15, 0.2) is 9.64 Å². The van der Waals surface area contributed by atoms with Gasteiger partial charge in [-0.15, -0.1) is 5.10 Å². The molecule has 0 spiro atoms. The second-order valence-electron chi connectivity index (χ2n) is 4.23. The first-order valence-electron chi connectivity index (χ1n) is 6.35. The van der Waals surface area contributed by atoms with Crippen LogP contribution in [0.1, 0.15) is 44.9 Å². The summed E-state index contributed by atoms with van der Waals surface area (Å²) in [6.07, 6.45) is 4.85. The number of hydrogen-bond acceptors (Lipinski definition) is 6. The van der Waals surface area contributed by atoms with Crippen LogP contribution in [0.4, 0.5) is 0 Å². The number of aryl methyl sites for hydroxylation is 1. The zero-order valence-electron chi connectivity index (χ0n) is 10.8. The molecule has 0 saturated carbocycles. The second kappa shape index (κ2) is 7.48. The van der Waals surface area contributed by atoms with E-state index in [1.807, 2.05) is 6.92 Å². The molecule has 104 valence electrons. The van der Waals surface area contributed by atoms with Gasteiger partial charge in [-0.2, -0.15) is 0 Å². The van der Waals surface area contributed by atoms with Crippen LogP contribution in [0.5, 0.6) is 0 Å². The van der Waals surface area contributed by atoms with Crippen LogP contribution in [0.2, 0.25) is 0 Å². The minimum Gasteiger partial charge on any atom is -0.413 e. The lowest BCUT2D eigenvalue weighted by atomic mass is 10.2. The van der Waals surface area contributed by atoms with Crippen molar-refractivity contribution in [1.82, 2.24) is 10.2 Å². The summed E-state index contributed by atoms with van der Waals surface area (Å²) in [5, 5.41) is 7.13. The van der Waals surface area contributed by atoms with Gasteiger partial charge >= 0.3 is 5.22 Å². The molecule has 1 rings (SSSR count). The molecule has 7 heteroatoms. The Morgan fingerprint density at radius 2 is 1.94 bits per heavy atom. The maximum atomic E-state index is 11.8. The SMILES string of the molecule is CCCCS(=O)(=O)c1nnc(CCCCCN)o1. The number of hydrogen-bond donors (Lipinski definition) is 1. The molecule has 0 atom stereocenters. The first kappa shape index (κ1) is 15.1. The van der Waals surface area contributed by atoms with Crippen molar-refractivity contribution in [3.05, 3.63) is 5.89 Å². The summed E-state index contributed by atoms with van der Waals surface area (Å²) in [5.41, 5.74) is 5.38.